The largest absolute Gasteiger partial charge is 0.508 e. The highest BCUT2D eigenvalue weighted by molar-refractivity contribution is 5.95. The van der Waals surface area contributed by atoms with Crippen LogP contribution in [0.1, 0.15) is 45.9 Å². The lowest BCUT2D eigenvalue weighted by Gasteiger charge is -2.31. The quantitative estimate of drug-likeness (QED) is 0.382. The molecular weight excluding hydrogens is 504 g/mol. The number of hydrogen-bond acceptors (Lipinski definition) is 8. The number of benzene rings is 2. The normalized spacial score (nSPS) is 12.8. The molecule has 3 N–H and O–H groups in total. The highest BCUT2D eigenvalue weighted by Crippen LogP contribution is 2.35. The van der Waals surface area contributed by atoms with Gasteiger partial charge in [-0.15, -0.1) is 0 Å². The van der Waals surface area contributed by atoms with Crippen molar-refractivity contribution in [2.75, 3.05) is 50.9 Å². The monoisotopic (exact) mass is 550 g/mol. The molecular formula is C31H46N6O3. The van der Waals surface area contributed by atoms with E-state index in [4.69, 9.17) is 10.5 Å². The van der Waals surface area contributed by atoms with Gasteiger partial charge < -0.3 is 30.3 Å². The topological polar surface area (TPSA) is 108 Å². The van der Waals surface area contributed by atoms with Gasteiger partial charge in [0.05, 0.1) is 12.2 Å². The third kappa shape index (κ3) is 8.58. The van der Waals surface area contributed by atoms with Crippen molar-refractivity contribution in [3.63, 3.8) is 0 Å². The first-order valence-electron chi connectivity index (χ1n) is 14.0. The number of ether oxygens (including phenoxy) is 1. The second-order valence-electron chi connectivity index (χ2n) is 9.58. The van der Waals surface area contributed by atoms with Crippen molar-refractivity contribution < 1.29 is 14.6 Å². The van der Waals surface area contributed by atoms with Crippen molar-refractivity contribution in [1.82, 2.24) is 19.8 Å². The van der Waals surface area contributed by atoms with Crippen LogP contribution in [0.3, 0.4) is 0 Å². The van der Waals surface area contributed by atoms with Crippen LogP contribution < -0.4 is 15.4 Å². The second-order valence-corrected chi connectivity index (χ2v) is 9.58. The number of amides is 1. The van der Waals surface area contributed by atoms with Crippen LogP contribution in [-0.4, -0.2) is 77.2 Å². The molecule has 218 valence electrons. The van der Waals surface area contributed by atoms with Gasteiger partial charge in [-0.25, -0.2) is 0 Å². The van der Waals surface area contributed by atoms with E-state index in [1.165, 1.54) is 6.08 Å². The van der Waals surface area contributed by atoms with Gasteiger partial charge in [0.1, 0.15) is 17.7 Å². The van der Waals surface area contributed by atoms with Crippen molar-refractivity contribution in [3.05, 3.63) is 60.3 Å². The van der Waals surface area contributed by atoms with E-state index in [0.29, 0.717) is 18.4 Å². The van der Waals surface area contributed by atoms with Crippen molar-refractivity contribution in [2.45, 2.75) is 53.7 Å². The number of anilines is 2. The van der Waals surface area contributed by atoms with Gasteiger partial charge in [0.2, 0.25) is 5.91 Å². The number of carbonyl (C=O) groups is 1. The van der Waals surface area contributed by atoms with Crippen LogP contribution >= 0.6 is 0 Å². The number of aromatic nitrogens is 2. The van der Waals surface area contributed by atoms with Crippen molar-refractivity contribution >= 4 is 28.2 Å². The van der Waals surface area contributed by atoms with Crippen LogP contribution in [0, 0.1) is 0 Å². The first-order valence-corrected chi connectivity index (χ1v) is 14.0. The maximum Gasteiger partial charge on any atom is 0.318 e. The fourth-order valence-electron chi connectivity index (χ4n) is 4.63. The molecule has 0 bridgehead atoms. The summed E-state index contributed by atoms with van der Waals surface area (Å²) in [7, 11) is 4.00. The Bertz CT molecular complexity index is 1260. The molecule has 0 spiro atoms. The second kappa shape index (κ2) is 15.7. The van der Waals surface area contributed by atoms with E-state index in [0.717, 1.165) is 60.3 Å². The standard InChI is InChI=1S/C22H27N5O2.C7H13NO.C2H6/c1-14(12-26(2)3)29-22-24-19-13-27(9-8-18(19)21(23)25-22)20-11-16(28)10-15-6-4-5-7-17(15)20;1-4-7(9)8(5-2)6-3;1-2/h4-7,10-11,14,28H,8-9,12-13H2,1-3H3,(H2,23,24,25);4H,1,5-6H2,2-3H3;1-2H3/t14-;;/m1../s1. The predicted octanol–water partition coefficient (Wildman–Crippen LogP) is 4.88. The minimum atomic E-state index is -0.0443. The molecule has 1 atom stereocenters. The summed E-state index contributed by atoms with van der Waals surface area (Å²) >= 11 is 0. The summed E-state index contributed by atoms with van der Waals surface area (Å²) in [6.45, 7) is 16.9. The highest BCUT2D eigenvalue weighted by atomic mass is 16.5. The Morgan fingerprint density at radius 2 is 1.88 bits per heavy atom. The maximum atomic E-state index is 10.8. The molecule has 0 unspecified atom stereocenters. The molecule has 0 saturated carbocycles. The minimum absolute atomic E-state index is 0.0139. The van der Waals surface area contributed by atoms with E-state index in [1.807, 2.05) is 73.0 Å². The predicted molar refractivity (Wildman–Crippen MR) is 165 cm³/mol. The molecule has 40 heavy (non-hydrogen) atoms. The van der Waals surface area contributed by atoms with Crippen molar-refractivity contribution in [2.24, 2.45) is 0 Å². The number of nitrogens with two attached hydrogens (primary N) is 1. The molecule has 4 rings (SSSR count). The molecule has 0 fully saturated rings. The summed E-state index contributed by atoms with van der Waals surface area (Å²) in [5.74, 6) is 0.760. The summed E-state index contributed by atoms with van der Waals surface area (Å²) in [6.07, 6.45) is 2.04. The Morgan fingerprint density at radius 3 is 2.48 bits per heavy atom. The molecule has 9 heteroatoms. The summed E-state index contributed by atoms with van der Waals surface area (Å²) in [6, 6.07) is 12.0. The summed E-state index contributed by atoms with van der Waals surface area (Å²) in [4.78, 5) is 25.8. The summed E-state index contributed by atoms with van der Waals surface area (Å²) in [5.41, 5.74) is 9.07. The van der Waals surface area contributed by atoms with Crippen LogP contribution in [0.15, 0.2) is 49.1 Å². The van der Waals surface area contributed by atoms with E-state index in [-0.39, 0.29) is 17.8 Å². The van der Waals surface area contributed by atoms with Gasteiger partial charge in [-0.2, -0.15) is 9.97 Å². The Hall–Kier alpha value is -3.85. The Labute approximate surface area is 239 Å². The van der Waals surface area contributed by atoms with Crippen LogP contribution in [-0.2, 0) is 17.8 Å². The Kier molecular flexibility index (Phi) is 12.7. The van der Waals surface area contributed by atoms with Crippen LogP contribution in [0.4, 0.5) is 11.5 Å². The number of likely N-dealkylation sites (N-methyl/N-ethyl adjacent to an activating group) is 2. The van der Waals surface area contributed by atoms with E-state index < -0.39 is 0 Å². The van der Waals surface area contributed by atoms with Gasteiger partial charge >= 0.3 is 6.01 Å². The average molecular weight is 551 g/mol. The maximum absolute atomic E-state index is 10.8. The lowest BCUT2D eigenvalue weighted by molar-refractivity contribution is -0.125. The fraction of sp³-hybridized carbons (Fsp3) is 0.452. The zero-order valence-electron chi connectivity index (χ0n) is 25.1. The summed E-state index contributed by atoms with van der Waals surface area (Å²) < 4.78 is 5.90. The zero-order valence-corrected chi connectivity index (χ0v) is 25.1. The van der Waals surface area contributed by atoms with E-state index in [1.54, 1.807) is 11.0 Å². The number of phenols is 1. The first kappa shape index (κ1) is 32.4. The average Bonchev–Trinajstić information content (AvgIpc) is 2.93. The third-order valence-corrected chi connectivity index (χ3v) is 6.42. The molecule has 1 aliphatic rings. The Morgan fingerprint density at radius 1 is 1.20 bits per heavy atom. The zero-order chi connectivity index (χ0) is 29.8. The molecule has 2 heterocycles. The first-order chi connectivity index (χ1) is 19.2. The minimum Gasteiger partial charge on any atom is -0.508 e. The molecule has 1 amide bonds. The van der Waals surface area contributed by atoms with Crippen molar-refractivity contribution in [3.8, 4) is 11.8 Å². The van der Waals surface area contributed by atoms with Gasteiger partial charge in [-0.3, -0.25) is 4.79 Å². The van der Waals surface area contributed by atoms with E-state index in [9.17, 15) is 9.90 Å². The number of phenolic OH excluding ortho intramolecular Hbond substituents is 1. The van der Waals surface area contributed by atoms with Gasteiger partial charge in [0, 0.05) is 48.9 Å². The van der Waals surface area contributed by atoms with E-state index >= 15 is 0 Å². The van der Waals surface area contributed by atoms with Gasteiger partial charge in [0.15, 0.2) is 0 Å². The number of nitrogens with zero attached hydrogens (tertiary/aromatic N) is 5. The van der Waals surface area contributed by atoms with Crippen LogP contribution in [0.5, 0.6) is 11.8 Å². The number of hydrogen-bond donors (Lipinski definition) is 2. The molecule has 0 radical (unpaired) electrons. The number of aromatic hydroxyl groups is 1. The molecule has 0 saturated heterocycles. The Balaban J connectivity index is 0.000000436. The lowest BCUT2D eigenvalue weighted by atomic mass is 10.0. The van der Waals surface area contributed by atoms with Gasteiger partial charge in [0.25, 0.3) is 0 Å². The van der Waals surface area contributed by atoms with Gasteiger partial charge in [-0.1, -0.05) is 44.7 Å². The van der Waals surface area contributed by atoms with Crippen molar-refractivity contribution in [1.29, 1.82) is 0 Å². The molecule has 3 aromatic rings. The summed E-state index contributed by atoms with van der Waals surface area (Å²) in [5, 5.41) is 12.3. The third-order valence-electron chi connectivity index (χ3n) is 6.42. The lowest BCUT2D eigenvalue weighted by Crippen LogP contribution is -2.33. The fourth-order valence-corrected chi connectivity index (χ4v) is 4.63. The number of rotatable bonds is 8. The molecule has 1 aliphatic heterocycles. The number of fused-ring (bicyclic) bond motifs is 2. The van der Waals surface area contributed by atoms with Crippen LogP contribution in [0.2, 0.25) is 0 Å². The molecule has 1 aromatic heterocycles. The van der Waals surface area contributed by atoms with E-state index in [2.05, 4.69) is 32.4 Å². The molecule has 9 nitrogen and oxygen atoms in total. The van der Waals surface area contributed by atoms with Gasteiger partial charge in [-0.05, 0) is 58.8 Å². The SMILES string of the molecule is C=CC(=O)N(CC)CC.CC.C[C@H](CN(C)C)Oc1nc(N)c2c(n1)CN(c1cc(O)cc3ccccc13)CC2. The highest BCUT2D eigenvalue weighted by Gasteiger charge is 2.24. The number of nitrogen functional groups attached to an aromatic ring is 1. The smallest absolute Gasteiger partial charge is 0.318 e. The molecule has 2 aromatic carbocycles. The number of carbonyl (C=O) groups excluding carboxylic acids is 1. The molecule has 0 aliphatic carbocycles. The van der Waals surface area contributed by atoms with Crippen LogP contribution in [0.25, 0.3) is 10.8 Å².